The number of furan rings is 1. The average Bonchev–Trinajstić information content (AvgIpc) is 2.88. The van der Waals surface area contributed by atoms with Crippen LogP contribution in [-0.4, -0.2) is 36.7 Å². The van der Waals surface area contributed by atoms with Crippen molar-refractivity contribution >= 4 is 17.9 Å². The standard InChI is InChI=1S/C18H26O7/c1-7-22-15(19)14(16(20)23-8-2)13(12-10-9-11(3)24-12)17(21)25-18(4,5)6/h9-10,13-14H,7-8H2,1-6H3/t13-/m0/s1. The first-order chi connectivity index (χ1) is 11.6. The molecule has 0 spiro atoms. The smallest absolute Gasteiger partial charge is 0.321 e. The zero-order valence-corrected chi connectivity index (χ0v) is 15.6. The molecule has 0 saturated heterocycles. The highest BCUT2D eigenvalue weighted by Crippen LogP contribution is 2.31. The Kier molecular flexibility index (Phi) is 7.21. The molecule has 0 N–H and O–H groups in total. The first-order valence-electron chi connectivity index (χ1n) is 8.23. The minimum Gasteiger partial charge on any atom is -0.465 e. The van der Waals surface area contributed by atoms with Gasteiger partial charge in [-0.15, -0.1) is 0 Å². The summed E-state index contributed by atoms with van der Waals surface area (Å²) in [5, 5.41) is 0. The van der Waals surface area contributed by atoms with Crippen molar-refractivity contribution in [2.75, 3.05) is 13.2 Å². The van der Waals surface area contributed by atoms with Crippen LogP contribution in [0.3, 0.4) is 0 Å². The predicted octanol–water partition coefficient (Wildman–Crippen LogP) is 2.76. The van der Waals surface area contributed by atoms with E-state index in [4.69, 9.17) is 18.6 Å². The van der Waals surface area contributed by atoms with Gasteiger partial charge in [0, 0.05) is 0 Å². The third-order valence-electron chi connectivity index (χ3n) is 3.14. The summed E-state index contributed by atoms with van der Waals surface area (Å²) >= 11 is 0. The molecule has 1 heterocycles. The Morgan fingerprint density at radius 2 is 1.52 bits per heavy atom. The maximum atomic E-state index is 12.7. The molecule has 1 rings (SSSR count). The summed E-state index contributed by atoms with van der Waals surface area (Å²) in [5.74, 6) is -4.57. The lowest BCUT2D eigenvalue weighted by atomic mass is 9.89. The molecule has 7 heteroatoms. The van der Waals surface area contributed by atoms with Gasteiger partial charge >= 0.3 is 17.9 Å². The van der Waals surface area contributed by atoms with Gasteiger partial charge < -0.3 is 18.6 Å². The Morgan fingerprint density at radius 3 is 1.88 bits per heavy atom. The first kappa shape index (κ1) is 20.7. The summed E-state index contributed by atoms with van der Waals surface area (Å²) in [6.45, 7) is 10.1. The molecule has 0 aliphatic carbocycles. The Balaban J connectivity index is 3.34. The largest absolute Gasteiger partial charge is 0.465 e. The third-order valence-corrected chi connectivity index (χ3v) is 3.14. The number of carbonyl (C=O) groups is 3. The van der Waals surface area contributed by atoms with E-state index < -0.39 is 35.3 Å². The maximum absolute atomic E-state index is 12.7. The van der Waals surface area contributed by atoms with Crippen LogP contribution < -0.4 is 0 Å². The summed E-state index contributed by atoms with van der Waals surface area (Å²) in [4.78, 5) is 37.5. The molecule has 1 aromatic heterocycles. The topological polar surface area (TPSA) is 92.0 Å². The van der Waals surface area contributed by atoms with Crippen molar-refractivity contribution in [3.05, 3.63) is 23.7 Å². The van der Waals surface area contributed by atoms with Gasteiger partial charge in [-0.05, 0) is 53.7 Å². The number of aryl methyl sites for hydroxylation is 1. The summed E-state index contributed by atoms with van der Waals surface area (Å²) in [7, 11) is 0. The molecule has 140 valence electrons. The molecule has 25 heavy (non-hydrogen) atoms. The van der Waals surface area contributed by atoms with Gasteiger partial charge in [-0.2, -0.15) is 0 Å². The van der Waals surface area contributed by atoms with Crippen molar-refractivity contribution in [2.24, 2.45) is 5.92 Å². The molecular weight excluding hydrogens is 328 g/mol. The Labute approximate surface area is 147 Å². The number of hydrogen-bond acceptors (Lipinski definition) is 7. The van der Waals surface area contributed by atoms with Crippen molar-refractivity contribution in [1.29, 1.82) is 0 Å². The Bertz CT molecular complexity index is 591. The Morgan fingerprint density at radius 1 is 1.00 bits per heavy atom. The van der Waals surface area contributed by atoms with Gasteiger partial charge in [0.15, 0.2) is 5.92 Å². The van der Waals surface area contributed by atoms with Crippen molar-refractivity contribution in [3.8, 4) is 0 Å². The van der Waals surface area contributed by atoms with Gasteiger partial charge in [0.25, 0.3) is 0 Å². The zero-order valence-electron chi connectivity index (χ0n) is 15.6. The van der Waals surface area contributed by atoms with Crippen LogP contribution in [0.15, 0.2) is 16.5 Å². The van der Waals surface area contributed by atoms with E-state index in [2.05, 4.69) is 0 Å². The highest BCUT2D eigenvalue weighted by atomic mass is 16.6. The van der Waals surface area contributed by atoms with Crippen molar-refractivity contribution < 1.29 is 33.0 Å². The van der Waals surface area contributed by atoms with Crippen LogP contribution in [-0.2, 0) is 28.6 Å². The molecular formula is C18H26O7. The number of rotatable bonds is 7. The van der Waals surface area contributed by atoms with E-state index in [-0.39, 0.29) is 19.0 Å². The van der Waals surface area contributed by atoms with E-state index in [0.29, 0.717) is 5.76 Å². The van der Waals surface area contributed by atoms with Crippen LogP contribution in [0.5, 0.6) is 0 Å². The summed E-state index contributed by atoms with van der Waals surface area (Å²) in [6.07, 6.45) is 0. The lowest BCUT2D eigenvalue weighted by Crippen LogP contribution is -2.39. The van der Waals surface area contributed by atoms with Gasteiger partial charge in [-0.3, -0.25) is 14.4 Å². The van der Waals surface area contributed by atoms with Crippen molar-refractivity contribution in [1.82, 2.24) is 0 Å². The fraction of sp³-hybridized carbons (Fsp3) is 0.611. The van der Waals surface area contributed by atoms with E-state index >= 15 is 0 Å². The zero-order chi connectivity index (χ0) is 19.2. The van der Waals surface area contributed by atoms with Gasteiger partial charge in [-0.1, -0.05) is 0 Å². The van der Waals surface area contributed by atoms with E-state index in [1.165, 1.54) is 6.07 Å². The molecule has 7 nitrogen and oxygen atoms in total. The minimum absolute atomic E-state index is 0.0625. The monoisotopic (exact) mass is 354 g/mol. The maximum Gasteiger partial charge on any atom is 0.321 e. The van der Waals surface area contributed by atoms with Crippen LogP contribution in [0, 0.1) is 12.8 Å². The molecule has 0 aliphatic heterocycles. The van der Waals surface area contributed by atoms with Gasteiger partial charge in [0.05, 0.1) is 13.2 Å². The van der Waals surface area contributed by atoms with Crippen LogP contribution in [0.1, 0.15) is 52.1 Å². The second-order valence-electron chi connectivity index (χ2n) is 6.44. The highest BCUT2D eigenvalue weighted by molar-refractivity contribution is 6.01. The quantitative estimate of drug-likeness (QED) is 0.422. The lowest BCUT2D eigenvalue weighted by molar-refractivity contribution is -0.172. The van der Waals surface area contributed by atoms with Gasteiger partial charge in [0.2, 0.25) is 0 Å². The normalized spacial score (nSPS) is 12.6. The van der Waals surface area contributed by atoms with E-state index in [0.717, 1.165) is 0 Å². The molecule has 0 amide bonds. The number of esters is 3. The molecule has 0 aliphatic rings. The molecule has 0 aromatic carbocycles. The molecule has 0 saturated carbocycles. The third kappa shape index (κ3) is 5.92. The first-order valence-corrected chi connectivity index (χ1v) is 8.23. The van der Waals surface area contributed by atoms with Crippen LogP contribution in [0.4, 0.5) is 0 Å². The number of carbonyl (C=O) groups excluding carboxylic acids is 3. The molecule has 1 atom stereocenters. The summed E-state index contributed by atoms with van der Waals surface area (Å²) in [6, 6.07) is 3.18. The summed E-state index contributed by atoms with van der Waals surface area (Å²) < 4.78 is 20.8. The lowest BCUT2D eigenvalue weighted by Gasteiger charge is -2.26. The molecule has 0 radical (unpaired) electrons. The van der Waals surface area contributed by atoms with Crippen LogP contribution >= 0.6 is 0 Å². The summed E-state index contributed by atoms with van der Waals surface area (Å²) in [5.41, 5.74) is -0.801. The van der Waals surface area contributed by atoms with E-state index in [9.17, 15) is 14.4 Å². The molecule has 0 unspecified atom stereocenters. The minimum atomic E-state index is -1.50. The fourth-order valence-electron chi connectivity index (χ4n) is 2.23. The second-order valence-corrected chi connectivity index (χ2v) is 6.44. The fourth-order valence-corrected chi connectivity index (χ4v) is 2.23. The van der Waals surface area contributed by atoms with Crippen LogP contribution in [0.2, 0.25) is 0 Å². The van der Waals surface area contributed by atoms with Crippen molar-refractivity contribution in [3.63, 3.8) is 0 Å². The number of ether oxygens (including phenoxy) is 3. The second kappa shape index (κ2) is 8.69. The predicted molar refractivity (Wildman–Crippen MR) is 88.8 cm³/mol. The van der Waals surface area contributed by atoms with E-state index in [1.54, 1.807) is 47.6 Å². The molecule has 0 bridgehead atoms. The van der Waals surface area contributed by atoms with Crippen LogP contribution in [0.25, 0.3) is 0 Å². The number of hydrogen-bond donors (Lipinski definition) is 0. The van der Waals surface area contributed by atoms with Gasteiger partial charge in [-0.25, -0.2) is 0 Å². The average molecular weight is 354 g/mol. The highest BCUT2D eigenvalue weighted by Gasteiger charge is 2.46. The Hall–Kier alpha value is -2.31. The SMILES string of the molecule is CCOC(=O)C(C(=O)OCC)[C@@H](C(=O)OC(C)(C)C)c1ccc(C)o1. The molecule has 1 aromatic rings. The molecule has 0 fully saturated rings. The van der Waals surface area contributed by atoms with Crippen molar-refractivity contribution in [2.45, 2.75) is 53.1 Å². The van der Waals surface area contributed by atoms with E-state index in [1.807, 2.05) is 0 Å². The van der Waals surface area contributed by atoms with Gasteiger partial charge in [0.1, 0.15) is 23.0 Å².